The summed E-state index contributed by atoms with van der Waals surface area (Å²) in [5.74, 6) is 0. The molecule has 2 aromatic rings. The summed E-state index contributed by atoms with van der Waals surface area (Å²) in [6.45, 7) is 3.97. The second kappa shape index (κ2) is 4.13. The zero-order valence-corrected chi connectivity index (χ0v) is 9.62. The van der Waals surface area contributed by atoms with E-state index in [2.05, 4.69) is 0 Å². The van der Waals surface area contributed by atoms with Gasteiger partial charge in [0.2, 0.25) is 0 Å². The number of nitrogens with zero attached hydrogens (tertiary/aromatic N) is 1. The maximum Gasteiger partial charge on any atom is 0.180 e. The highest BCUT2D eigenvalue weighted by molar-refractivity contribution is 7.90. The molecule has 1 atom stereocenters. The fourth-order valence-electron chi connectivity index (χ4n) is 1.41. The first-order valence-corrected chi connectivity index (χ1v) is 5.92. The van der Waals surface area contributed by atoms with E-state index < -0.39 is 11.4 Å². The van der Waals surface area contributed by atoms with Crippen LogP contribution in [0.25, 0.3) is 0 Å². The van der Waals surface area contributed by atoms with Gasteiger partial charge in [0, 0.05) is 0 Å². The normalized spacial score (nSPS) is 12.7. The van der Waals surface area contributed by atoms with E-state index in [0.29, 0.717) is 0 Å². The Hall–Kier alpha value is -1.19. The van der Waals surface area contributed by atoms with Gasteiger partial charge in [-0.15, -0.1) is 0 Å². The van der Waals surface area contributed by atoms with Crippen LogP contribution >= 0.6 is 0 Å². The van der Waals surface area contributed by atoms with Crippen LogP contribution in [-0.2, 0) is 11.4 Å². The molecule has 2 nitrogen and oxygen atoms in total. The monoisotopic (exact) mass is 219 g/mol. The Morgan fingerprint density at radius 2 is 1.73 bits per heavy atom. The lowest BCUT2D eigenvalue weighted by Crippen LogP contribution is -2.13. The van der Waals surface area contributed by atoms with E-state index in [9.17, 15) is 4.55 Å². The summed E-state index contributed by atoms with van der Waals surface area (Å²) in [6.07, 6.45) is 1.84. The van der Waals surface area contributed by atoms with E-state index in [0.717, 1.165) is 10.6 Å². The maximum atomic E-state index is 12.1. The van der Waals surface area contributed by atoms with E-state index in [1.807, 2.05) is 56.4 Å². The Kier molecular flexibility index (Phi) is 2.84. The summed E-state index contributed by atoms with van der Waals surface area (Å²) in [7, 11) is 0. The van der Waals surface area contributed by atoms with Gasteiger partial charge >= 0.3 is 0 Å². The third kappa shape index (κ3) is 2.08. The number of aryl methyl sites for hydroxylation is 2. The SMILES string of the molecule is Cc1ccc([S+]([O-])n2cccc2C)cc1. The van der Waals surface area contributed by atoms with Crippen molar-refractivity contribution in [3.8, 4) is 0 Å². The molecule has 1 aromatic carbocycles. The molecule has 15 heavy (non-hydrogen) atoms. The molecule has 0 amide bonds. The van der Waals surface area contributed by atoms with Gasteiger partial charge in [0.25, 0.3) is 0 Å². The molecule has 1 unspecified atom stereocenters. The number of rotatable bonds is 2. The van der Waals surface area contributed by atoms with Crippen molar-refractivity contribution in [2.24, 2.45) is 0 Å². The molecule has 0 aliphatic heterocycles. The highest BCUT2D eigenvalue weighted by Gasteiger charge is 2.14. The van der Waals surface area contributed by atoms with Crippen LogP contribution in [0.2, 0.25) is 0 Å². The fraction of sp³-hybridized carbons (Fsp3) is 0.167. The summed E-state index contributed by atoms with van der Waals surface area (Å²) in [6, 6.07) is 11.6. The summed E-state index contributed by atoms with van der Waals surface area (Å²) in [5.41, 5.74) is 2.19. The van der Waals surface area contributed by atoms with Crippen LogP contribution in [0.1, 0.15) is 11.3 Å². The second-order valence-corrected chi connectivity index (χ2v) is 4.90. The van der Waals surface area contributed by atoms with Gasteiger partial charge in [-0.1, -0.05) is 17.7 Å². The zero-order valence-electron chi connectivity index (χ0n) is 8.81. The zero-order chi connectivity index (χ0) is 10.8. The van der Waals surface area contributed by atoms with Gasteiger partial charge in [-0.05, 0) is 38.1 Å². The van der Waals surface area contributed by atoms with E-state index in [4.69, 9.17) is 0 Å². The Labute approximate surface area is 92.9 Å². The molecule has 0 fully saturated rings. The number of aromatic nitrogens is 1. The standard InChI is InChI=1S/C12H13NOS/c1-10-5-7-12(8-6-10)15(14)13-9-3-4-11(13)2/h3-9H,1-2H3. The van der Waals surface area contributed by atoms with Crippen molar-refractivity contribution < 1.29 is 4.55 Å². The topological polar surface area (TPSA) is 28.0 Å². The smallest absolute Gasteiger partial charge is 0.180 e. The predicted octanol–water partition coefficient (Wildman–Crippen LogP) is 2.68. The van der Waals surface area contributed by atoms with Crippen molar-refractivity contribution in [1.82, 2.24) is 3.97 Å². The molecular formula is C12H13NOS. The van der Waals surface area contributed by atoms with Gasteiger partial charge in [0.1, 0.15) is 11.4 Å². The Morgan fingerprint density at radius 3 is 2.27 bits per heavy atom. The van der Waals surface area contributed by atoms with E-state index in [-0.39, 0.29) is 0 Å². The molecule has 1 aromatic heterocycles. The third-order valence-electron chi connectivity index (χ3n) is 2.31. The molecule has 0 saturated carbocycles. The van der Waals surface area contributed by atoms with Crippen molar-refractivity contribution in [2.45, 2.75) is 18.7 Å². The molecule has 0 bridgehead atoms. The van der Waals surface area contributed by atoms with Crippen molar-refractivity contribution in [1.29, 1.82) is 0 Å². The molecule has 2 rings (SSSR count). The molecule has 0 saturated heterocycles. The van der Waals surface area contributed by atoms with Gasteiger partial charge in [0.05, 0.1) is 11.9 Å². The predicted molar refractivity (Wildman–Crippen MR) is 62.2 cm³/mol. The van der Waals surface area contributed by atoms with Gasteiger partial charge in [-0.2, -0.15) is 3.97 Å². The minimum Gasteiger partial charge on any atom is -0.587 e. The van der Waals surface area contributed by atoms with Crippen LogP contribution in [0.4, 0.5) is 0 Å². The van der Waals surface area contributed by atoms with E-state index in [1.165, 1.54) is 5.56 Å². The molecule has 0 aliphatic carbocycles. The molecule has 0 spiro atoms. The molecule has 0 radical (unpaired) electrons. The van der Waals surface area contributed by atoms with Crippen LogP contribution in [0, 0.1) is 13.8 Å². The summed E-state index contributed by atoms with van der Waals surface area (Å²) >= 11 is -1.12. The quantitative estimate of drug-likeness (QED) is 0.714. The van der Waals surface area contributed by atoms with Crippen molar-refractivity contribution in [3.63, 3.8) is 0 Å². The highest BCUT2D eigenvalue weighted by atomic mass is 32.2. The van der Waals surface area contributed by atoms with Crippen LogP contribution in [0.15, 0.2) is 47.5 Å². The van der Waals surface area contributed by atoms with E-state index >= 15 is 0 Å². The minimum absolute atomic E-state index is 0.833. The van der Waals surface area contributed by atoms with Gasteiger partial charge in [-0.3, -0.25) is 0 Å². The Balaban J connectivity index is 2.32. The molecular weight excluding hydrogens is 206 g/mol. The first-order valence-electron chi connectivity index (χ1n) is 4.81. The van der Waals surface area contributed by atoms with Gasteiger partial charge < -0.3 is 4.55 Å². The fourth-order valence-corrected chi connectivity index (χ4v) is 2.51. The van der Waals surface area contributed by atoms with Crippen molar-refractivity contribution in [2.75, 3.05) is 0 Å². The largest absolute Gasteiger partial charge is 0.587 e. The Morgan fingerprint density at radius 1 is 1.07 bits per heavy atom. The molecule has 78 valence electrons. The maximum absolute atomic E-state index is 12.1. The summed E-state index contributed by atoms with van der Waals surface area (Å²) in [4.78, 5) is 0.833. The lowest BCUT2D eigenvalue weighted by molar-refractivity contribution is 0.585. The van der Waals surface area contributed by atoms with Crippen molar-refractivity contribution in [3.05, 3.63) is 53.9 Å². The molecule has 0 N–H and O–H groups in total. The number of hydrogen-bond donors (Lipinski definition) is 0. The van der Waals surface area contributed by atoms with Gasteiger partial charge in [0.15, 0.2) is 4.90 Å². The van der Waals surface area contributed by atoms with Crippen molar-refractivity contribution >= 4 is 11.4 Å². The minimum atomic E-state index is -1.12. The summed E-state index contributed by atoms with van der Waals surface area (Å²) < 4.78 is 13.9. The van der Waals surface area contributed by atoms with Crippen LogP contribution < -0.4 is 0 Å². The average molecular weight is 219 g/mol. The lowest BCUT2D eigenvalue weighted by atomic mass is 10.2. The molecule has 0 aliphatic rings. The van der Waals surface area contributed by atoms with Gasteiger partial charge in [-0.25, -0.2) is 0 Å². The molecule has 3 heteroatoms. The third-order valence-corrected chi connectivity index (χ3v) is 3.75. The van der Waals surface area contributed by atoms with Crippen LogP contribution in [0.5, 0.6) is 0 Å². The lowest BCUT2D eigenvalue weighted by Gasteiger charge is -2.11. The number of benzene rings is 1. The first-order chi connectivity index (χ1) is 7.18. The Bertz CT molecular complexity index is 447. The number of hydrogen-bond acceptors (Lipinski definition) is 1. The first kappa shape index (κ1) is 10.3. The summed E-state index contributed by atoms with van der Waals surface area (Å²) in [5, 5.41) is 0. The van der Waals surface area contributed by atoms with E-state index in [1.54, 1.807) is 3.97 Å². The second-order valence-electron chi connectivity index (χ2n) is 3.54. The molecule has 1 heterocycles. The van der Waals surface area contributed by atoms with Crippen LogP contribution in [0.3, 0.4) is 0 Å². The van der Waals surface area contributed by atoms with Crippen LogP contribution in [-0.4, -0.2) is 8.53 Å². The highest BCUT2D eigenvalue weighted by Crippen LogP contribution is 2.16. The average Bonchev–Trinajstić information content (AvgIpc) is 2.65.